The summed E-state index contributed by atoms with van der Waals surface area (Å²) in [5.74, 6) is 0.241. The van der Waals surface area contributed by atoms with E-state index in [2.05, 4.69) is 29.2 Å². The van der Waals surface area contributed by atoms with Crippen molar-refractivity contribution in [2.45, 2.75) is 13.0 Å². The molecule has 1 fully saturated rings. The van der Waals surface area contributed by atoms with Crippen molar-refractivity contribution in [2.75, 3.05) is 26.2 Å². The van der Waals surface area contributed by atoms with Crippen LogP contribution in [0.25, 0.3) is 0 Å². The predicted molar refractivity (Wildman–Crippen MR) is 87.4 cm³/mol. The van der Waals surface area contributed by atoms with E-state index in [0.29, 0.717) is 6.42 Å². The fourth-order valence-corrected chi connectivity index (χ4v) is 2.95. The first-order valence-electron chi connectivity index (χ1n) is 7.85. The van der Waals surface area contributed by atoms with Gasteiger partial charge in [-0.2, -0.15) is 0 Å². The van der Waals surface area contributed by atoms with Crippen LogP contribution in [0.3, 0.4) is 0 Å². The van der Waals surface area contributed by atoms with E-state index in [1.807, 2.05) is 41.0 Å². The van der Waals surface area contributed by atoms with E-state index in [4.69, 9.17) is 0 Å². The van der Waals surface area contributed by atoms with Gasteiger partial charge in [0.05, 0.1) is 6.42 Å². The summed E-state index contributed by atoms with van der Waals surface area (Å²) >= 11 is 0. The van der Waals surface area contributed by atoms with Crippen molar-refractivity contribution in [1.82, 2.24) is 14.4 Å². The Morgan fingerprint density at radius 1 is 1.00 bits per heavy atom. The van der Waals surface area contributed by atoms with Gasteiger partial charge in [0.25, 0.3) is 0 Å². The Balaban J connectivity index is 1.48. The fraction of sp³-hybridized carbons (Fsp3) is 0.389. The highest BCUT2D eigenvalue weighted by Gasteiger charge is 2.21. The second-order valence-electron chi connectivity index (χ2n) is 6.00. The van der Waals surface area contributed by atoms with Crippen molar-refractivity contribution < 1.29 is 4.79 Å². The van der Waals surface area contributed by atoms with Crippen LogP contribution in [0, 0.1) is 0 Å². The summed E-state index contributed by atoms with van der Waals surface area (Å²) < 4.78 is 1.99. The van der Waals surface area contributed by atoms with Gasteiger partial charge in [-0.25, -0.2) is 0 Å². The van der Waals surface area contributed by atoms with Crippen LogP contribution in [-0.4, -0.2) is 46.5 Å². The molecule has 0 aliphatic carbocycles. The van der Waals surface area contributed by atoms with Gasteiger partial charge in [-0.3, -0.25) is 9.69 Å². The molecule has 0 spiro atoms. The largest absolute Gasteiger partial charge is 0.357 e. The van der Waals surface area contributed by atoms with Gasteiger partial charge in [-0.15, -0.1) is 0 Å². The van der Waals surface area contributed by atoms with Crippen LogP contribution in [0.15, 0.2) is 48.8 Å². The Morgan fingerprint density at radius 2 is 1.73 bits per heavy atom. The Labute approximate surface area is 132 Å². The summed E-state index contributed by atoms with van der Waals surface area (Å²) in [7, 11) is 1.98. The number of amides is 1. The molecule has 0 saturated carbocycles. The van der Waals surface area contributed by atoms with E-state index < -0.39 is 0 Å². The summed E-state index contributed by atoms with van der Waals surface area (Å²) in [4.78, 5) is 16.8. The van der Waals surface area contributed by atoms with Crippen LogP contribution in [0.4, 0.5) is 0 Å². The molecule has 1 aliphatic heterocycles. The van der Waals surface area contributed by atoms with Gasteiger partial charge in [0, 0.05) is 52.2 Å². The van der Waals surface area contributed by atoms with Crippen molar-refractivity contribution in [3.63, 3.8) is 0 Å². The molecule has 0 N–H and O–H groups in total. The molecule has 0 unspecified atom stereocenters. The normalized spacial score (nSPS) is 16.0. The van der Waals surface area contributed by atoms with E-state index in [0.717, 1.165) is 38.3 Å². The zero-order chi connectivity index (χ0) is 15.4. The fourth-order valence-electron chi connectivity index (χ4n) is 2.95. The lowest BCUT2D eigenvalue weighted by Crippen LogP contribution is -2.48. The number of piperazine rings is 1. The topological polar surface area (TPSA) is 28.5 Å². The number of carbonyl (C=O) groups is 1. The van der Waals surface area contributed by atoms with Crippen LogP contribution in [0.1, 0.15) is 11.1 Å². The molecule has 1 aliphatic rings. The van der Waals surface area contributed by atoms with Crippen molar-refractivity contribution in [1.29, 1.82) is 0 Å². The number of hydrogen-bond acceptors (Lipinski definition) is 2. The predicted octanol–water partition coefficient (Wildman–Crippen LogP) is 1.91. The Morgan fingerprint density at radius 3 is 2.36 bits per heavy atom. The maximum absolute atomic E-state index is 12.3. The average molecular weight is 297 g/mol. The third kappa shape index (κ3) is 3.77. The highest BCUT2D eigenvalue weighted by atomic mass is 16.2. The second-order valence-corrected chi connectivity index (χ2v) is 6.00. The number of aromatic nitrogens is 1. The highest BCUT2D eigenvalue weighted by Crippen LogP contribution is 2.10. The van der Waals surface area contributed by atoms with Crippen LogP contribution >= 0.6 is 0 Å². The van der Waals surface area contributed by atoms with E-state index >= 15 is 0 Å². The molecule has 4 heteroatoms. The van der Waals surface area contributed by atoms with Crippen molar-refractivity contribution >= 4 is 5.91 Å². The number of carbonyl (C=O) groups excluding carboxylic acids is 1. The molecule has 2 heterocycles. The number of nitrogens with zero attached hydrogens (tertiary/aromatic N) is 3. The van der Waals surface area contributed by atoms with Gasteiger partial charge in [0.15, 0.2) is 0 Å². The Bertz CT molecular complexity index is 612. The third-order valence-corrected chi connectivity index (χ3v) is 4.22. The van der Waals surface area contributed by atoms with E-state index in [-0.39, 0.29) is 5.91 Å². The molecule has 1 aromatic heterocycles. The smallest absolute Gasteiger partial charge is 0.227 e. The van der Waals surface area contributed by atoms with E-state index in [9.17, 15) is 4.79 Å². The maximum Gasteiger partial charge on any atom is 0.227 e. The first kappa shape index (κ1) is 14.9. The minimum atomic E-state index is 0.241. The first-order valence-corrected chi connectivity index (χ1v) is 7.85. The molecule has 0 atom stereocenters. The molecule has 22 heavy (non-hydrogen) atoms. The maximum atomic E-state index is 12.3. The molecule has 1 amide bonds. The Kier molecular flexibility index (Phi) is 4.59. The lowest BCUT2D eigenvalue weighted by molar-refractivity contribution is -0.132. The van der Waals surface area contributed by atoms with Gasteiger partial charge >= 0.3 is 0 Å². The summed E-state index contributed by atoms with van der Waals surface area (Å²) in [6.07, 6.45) is 4.52. The van der Waals surface area contributed by atoms with E-state index in [1.165, 1.54) is 5.56 Å². The zero-order valence-corrected chi connectivity index (χ0v) is 13.1. The molecule has 0 radical (unpaired) electrons. The lowest BCUT2D eigenvalue weighted by atomic mass is 10.2. The quantitative estimate of drug-likeness (QED) is 0.862. The molecule has 116 valence electrons. The Hall–Kier alpha value is -2.07. The summed E-state index contributed by atoms with van der Waals surface area (Å²) in [6.45, 7) is 4.55. The number of benzene rings is 1. The number of rotatable bonds is 4. The van der Waals surface area contributed by atoms with Gasteiger partial charge in [0.2, 0.25) is 5.91 Å². The standard InChI is InChI=1S/C18H23N3O/c1-19-8-7-17(14-19)13-18(22)21-11-9-20(10-12-21)15-16-5-3-2-4-6-16/h2-8,14H,9-13,15H2,1H3. The molecular weight excluding hydrogens is 274 g/mol. The molecular formula is C18H23N3O. The average Bonchev–Trinajstić information content (AvgIpc) is 2.94. The number of aryl methyl sites for hydroxylation is 1. The molecule has 0 bridgehead atoms. The minimum Gasteiger partial charge on any atom is -0.357 e. The van der Waals surface area contributed by atoms with Gasteiger partial charge in [-0.1, -0.05) is 30.3 Å². The molecule has 4 nitrogen and oxygen atoms in total. The van der Waals surface area contributed by atoms with Gasteiger partial charge in [-0.05, 0) is 17.2 Å². The molecule has 3 rings (SSSR count). The van der Waals surface area contributed by atoms with Gasteiger partial charge < -0.3 is 9.47 Å². The van der Waals surface area contributed by atoms with E-state index in [1.54, 1.807) is 0 Å². The van der Waals surface area contributed by atoms with Crippen LogP contribution in [-0.2, 0) is 24.8 Å². The summed E-state index contributed by atoms with van der Waals surface area (Å²) in [5, 5.41) is 0. The van der Waals surface area contributed by atoms with Crippen molar-refractivity contribution in [3.05, 3.63) is 59.9 Å². The van der Waals surface area contributed by atoms with Crippen molar-refractivity contribution in [3.8, 4) is 0 Å². The monoisotopic (exact) mass is 297 g/mol. The molecule has 1 saturated heterocycles. The molecule has 2 aromatic rings. The second kappa shape index (κ2) is 6.79. The first-order chi connectivity index (χ1) is 10.7. The third-order valence-electron chi connectivity index (χ3n) is 4.22. The minimum absolute atomic E-state index is 0.241. The highest BCUT2D eigenvalue weighted by molar-refractivity contribution is 5.78. The van der Waals surface area contributed by atoms with Gasteiger partial charge in [0.1, 0.15) is 0 Å². The summed E-state index contributed by atoms with van der Waals surface area (Å²) in [5.41, 5.74) is 2.44. The SMILES string of the molecule is Cn1ccc(CC(=O)N2CCN(Cc3ccccc3)CC2)c1. The van der Waals surface area contributed by atoms with Crippen LogP contribution < -0.4 is 0 Å². The van der Waals surface area contributed by atoms with Crippen LogP contribution in [0.5, 0.6) is 0 Å². The lowest BCUT2D eigenvalue weighted by Gasteiger charge is -2.34. The van der Waals surface area contributed by atoms with Crippen molar-refractivity contribution in [2.24, 2.45) is 7.05 Å². The molecule has 1 aromatic carbocycles. The zero-order valence-electron chi connectivity index (χ0n) is 13.1. The number of hydrogen-bond donors (Lipinski definition) is 0. The van der Waals surface area contributed by atoms with Crippen LogP contribution in [0.2, 0.25) is 0 Å². The summed E-state index contributed by atoms with van der Waals surface area (Å²) in [6, 6.07) is 12.5.